The number of hydrogen-bond acceptors (Lipinski definition) is 5. The van der Waals surface area contributed by atoms with E-state index in [-0.39, 0.29) is 23.6 Å². The van der Waals surface area contributed by atoms with Crippen molar-refractivity contribution in [3.8, 4) is 0 Å². The summed E-state index contributed by atoms with van der Waals surface area (Å²) in [4.78, 5) is 29.1. The van der Waals surface area contributed by atoms with Crippen molar-refractivity contribution in [3.63, 3.8) is 0 Å². The Morgan fingerprint density at radius 3 is 2.93 bits per heavy atom. The van der Waals surface area contributed by atoms with Crippen LogP contribution in [0, 0.1) is 6.92 Å². The molecule has 0 bridgehead atoms. The van der Waals surface area contributed by atoms with Gasteiger partial charge in [0.15, 0.2) is 5.76 Å². The van der Waals surface area contributed by atoms with Crippen molar-refractivity contribution >= 4 is 17.5 Å². The lowest BCUT2D eigenvalue weighted by Gasteiger charge is -2.23. The molecule has 1 aromatic carbocycles. The standard InChI is InChI=1S/C19H19N5O3/c1-12-20-17-8-7-15(11-24(17)23-12)22-18(25)13-4-2-5-14(10-13)21-19(26)16-6-3-9-27-16/h2-6,9-10,15H,7-8,11H2,1H3,(H,21,26)(H,22,25). The number of amides is 2. The van der Waals surface area contributed by atoms with Crippen LogP contribution in [-0.2, 0) is 13.0 Å². The number of hydrogen-bond donors (Lipinski definition) is 2. The molecular weight excluding hydrogens is 346 g/mol. The molecule has 0 saturated carbocycles. The number of furan rings is 1. The Morgan fingerprint density at radius 1 is 1.22 bits per heavy atom. The molecule has 27 heavy (non-hydrogen) atoms. The number of aromatic nitrogens is 3. The third-order valence-corrected chi connectivity index (χ3v) is 4.43. The zero-order chi connectivity index (χ0) is 18.8. The van der Waals surface area contributed by atoms with E-state index in [1.54, 1.807) is 36.4 Å². The molecule has 0 saturated heterocycles. The zero-order valence-corrected chi connectivity index (χ0v) is 14.8. The summed E-state index contributed by atoms with van der Waals surface area (Å²) >= 11 is 0. The van der Waals surface area contributed by atoms with Crippen LogP contribution in [0.2, 0.25) is 0 Å². The molecule has 1 atom stereocenters. The van der Waals surface area contributed by atoms with Gasteiger partial charge in [-0.1, -0.05) is 6.07 Å². The fraction of sp³-hybridized carbons (Fsp3) is 0.263. The first-order valence-electron chi connectivity index (χ1n) is 8.74. The second kappa shape index (κ2) is 7.06. The number of nitrogens with zero attached hydrogens (tertiary/aromatic N) is 3. The van der Waals surface area contributed by atoms with Gasteiger partial charge in [-0.05, 0) is 43.7 Å². The van der Waals surface area contributed by atoms with Crippen molar-refractivity contribution in [2.45, 2.75) is 32.4 Å². The lowest BCUT2D eigenvalue weighted by atomic mass is 10.1. The van der Waals surface area contributed by atoms with E-state index >= 15 is 0 Å². The Balaban J connectivity index is 1.41. The average molecular weight is 365 g/mol. The Kier molecular flexibility index (Phi) is 4.45. The summed E-state index contributed by atoms with van der Waals surface area (Å²) in [6.07, 6.45) is 3.04. The van der Waals surface area contributed by atoms with Crippen LogP contribution in [0.5, 0.6) is 0 Å². The predicted molar refractivity (Wildman–Crippen MR) is 97.4 cm³/mol. The highest BCUT2D eigenvalue weighted by molar-refractivity contribution is 6.03. The van der Waals surface area contributed by atoms with Crippen LogP contribution in [0.4, 0.5) is 5.69 Å². The van der Waals surface area contributed by atoms with Crippen molar-refractivity contribution < 1.29 is 14.0 Å². The van der Waals surface area contributed by atoms with Gasteiger partial charge < -0.3 is 15.1 Å². The summed E-state index contributed by atoms with van der Waals surface area (Å²) in [6.45, 7) is 2.47. The monoisotopic (exact) mass is 365 g/mol. The molecule has 0 radical (unpaired) electrons. The topological polar surface area (TPSA) is 102 Å². The Bertz CT molecular complexity index is 977. The molecule has 4 rings (SSSR count). The molecule has 2 aromatic heterocycles. The van der Waals surface area contributed by atoms with E-state index in [4.69, 9.17) is 4.42 Å². The molecular formula is C19H19N5O3. The molecule has 0 fully saturated rings. The maximum Gasteiger partial charge on any atom is 0.291 e. The highest BCUT2D eigenvalue weighted by Gasteiger charge is 2.22. The van der Waals surface area contributed by atoms with Crippen LogP contribution in [0.3, 0.4) is 0 Å². The molecule has 2 amide bonds. The first-order chi connectivity index (χ1) is 13.1. The van der Waals surface area contributed by atoms with Crippen LogP contribution in [0.15, 0.2) is 47.1 Å². The van der Waals surface area contributed by atoms with Crippen molar-refractivity contribution in [2.75, 3.05) is 5.32 Å². The number of carbonyl (C=O) groups is 2. The summed E-state index contributed by atoms with van der Waals surface area (Å²) < 4.78 is 6.92. The average Bonchev–Trinajstić information content (AvgIpc) is 3.30. The number of benzene rings is 1. The van der Waals surface area contributed by atoms with Crippen molar-refractivity contribution in [3.05, 3.63) is 65.6 Å². The smallest absolute Gasteiger partial charge is 0.291 e. The number of rotatable bonds is 4. The Hall–Kier alpha value is -3.42. The van der Waals surface area contributed by atoms with Gasteiger partial charge in [0.05, 0.1) is 12.8 Å². The Labute approximate surface area is 155 Å². The van der Waals surface area contributed by atoms with E-state index in [2.05, 4.69) is 20.7 Å². The molecule has 2 N–H and O–H groups in total. The second-order valence-corrected chi connectivity index (χ2v) is 6.48. The maximum atomic E-state index is 12.6. The lowest BCUT2D eigenvalue weighted by molar-refractivity contribution is 0.0925. The zero-order valence-electron chi connectivity index (χ0n) is 14.8. The van der Waals surface area contributed by atoms with Gasteiger partial charge in [0.2, 0.25) is 0 Å². The molecule has 3 heterocycles. The first-order valence-corrected chi connectivity index (χ1v) is 8.74. The third-order valence-electron chi connectivity index (χ3n) is 4.43. The number of nitrogens with one attached hydrogen (secondary N) is 2. The summed E-state index contributed by atoms with van der Waals surface area (Å²) in [5, 5.41) is 10.1. The summed E-state index contributed by atoms with van der Waals surface area (Å²) in [7, 11) is 0. The molecule has 138 valence electrons. The predicted octanol–water partition coefficient (Wildman–Crippen LogP) is 2.18. The van der Waals surface area contributed by atoms with E-state index in [0.717, 1.165) is 24.5 Å². The molecule has 1 aliphatic rings. The normalized spacial score (nSPS) is 15.8. The summed E-state index contributed by atoms with van der Waals surface area (Å²) in [6, 6.07) is 10.0. The second-order valence-electron chi connectivity index (χ2n) is 6.48. The van der Waals surface area contributed by atoms with Crippen LogP contribution < -0.4 is 10.6 Å². The third kappa shape index (κ3) is 3.74. The van der Waals surface area contributed by atoms with Crippen LogP contribution in [0.1, 0.15) is 39.0 Å². The minimum atomic E-state index is -0.362. The fourth-order valence-corrected chi connectivity index (χ4v) is 3.16. The van der Waals surface area contributed by atoms with Crippen LogP contribution >= 0.6 is 0 Å². The van der Waals surface area contributed by atoms with E-state index in [9.17, 15) is 9.59 Å². The number of aryl methyl sites for hydroxylation is 2. The summed E-state index contributed by atoms with van der Waals surface area (Å²) in [5.74, 6) is 1.37. The van der Waals surface area contributed by atoms with Gasteiger partial charge in [0.1, 0.15) is 11.6 Å². The molecule has 8 nitrogen and oxygen atoms in total. The van der Waals surface area contributed by atoms with Crippen molar-refractivity contribution in [1.29, 1.82) is 0 Å². The van der Waals surface area contributed by atoms with Crippen LogP contribution in [0.25, 0.3) is 0 Å². The van der Waals surface area contributed by atoms with Gasteiger partial charge >= 0.3 is 0 Å². The first kappa shape index (κ1) is 17.0. The number of carbonyl (C=O) groups excluding carboxylic acids is 2. The maximum absolute atomic E-state index is 12.6. The van der Waals surface area contributed by atoms with E-state index in [1.807, 2.05) is 11.6 Å². The van der Waals surface area contributed by atoms with E-state index in [0.29, 0.717) is 17.8 Å². The quantitative estimate of drug-likeness (QED) is 0.738. The molecule has 0 spiro atoms. The summed E-state index contributed by atoms with van der Waals surface area (Å²) in [5.41, 5.74) is 1.01. The van der Waals surface area contributed by atoms with Gasteiger partial charge in [-0.2, -0.15) is 5.10 Å². The van der Waals surface area contributed by atoms with Gasteiger partial charge in [-0.3, -0.25) is 9.59 Å². The van der Waals surface area contributed by atoms with E-state index in [1.165, 1.54) is 6.26 Å². The lowest BCUT2D eigenvalue weighted by Crippen LogP contribution is -2.41. The minimum absolute atomic E-state index is 0.00698. The molecule has 3 aromatic rings. The van der Waals surface area contributed by atoms with Crippen molar-refractivity contribution in [1.82, 2.24) is 20.1 Å². The fourth-order valence-electron chi connectivity index (χ4n) is 3.16. The van der Waals surface area contributed by atoms with Crippen molar-refractivity contribution in [2.24, 2.45) is 0 Å². The largest absolute Gasteiger partial charge is 0.459 e. The molecule has 0 aliphatic carbocycles. The van der Waals surface area contributed by atoms with Gasteiger partial charge in [0, 0.05) is 23.7 Å². The Morgan fingerprint density at radius 2 is 2.11 bits per heavy atom. The highest BCUT2D eigenvalue weighted by atomic mass is 16.3. The molecule has 8 heteroatoms. The van der Waals surface area contributed by atoms with Crippen LogP contribution in [-0.4, -0.2) is 32.6 Å². The number of anilines is 1. The highest BCUT2D eigenvalue weighted by Crippen LogP contribution is 2.16. The van der Waals surface area contributed by atoms with E-state index < -0.39 is 0 Å². The van der Waals surface area contributed by atoms with Gasteiger partial charge in [-0.15, -0.1) is 0 Å². The minimum Gasteiger partial charge on any atom is -0.459 e. The SMILES string of the molecule is Cc1nc2n(n1)CC(NC(=O)c1cccc(NC(=O)c3ccco3)c1)CC2. The number of fused-ring (bicyclic) bond motifs is 1. The molecule has 1 unspecified atom stereocenters. The van der Waals surface area contributed by atoms with Gasteiger partial charge in [0.25, 0.3) is 11.8 Å². The molecule has 1 aliphatic heterocycles. The van der Waals surface area contributed by atoms with Gasteiger partial charge in [-0.25, -0.2) is 9.67 Å².